The van der Waals surface area contributed by atoms with Crippen molar-refractivity contribution in [2.45, 2.75) is 13.5 Å². The van der Waals surface area contributed by atoms with Crippen LogP contribution < -0.4 is 20.5 Å². The molecule has 1 aromatic heterocycles. The van der Waals surface area contributed by atoms with Crippen molar-refractivity contribution < 1.29 is 9.47 Å². The highest BCUT2D eigenvalue weighted by Gasteiger charge is 2.07. The van der Waals surface area contributed by atoms with Crippen LogP contribution in [0.15, 0.2) is 54.7 Å². The monoisotopic (exact) mass is 336 g/mol. The molecule has 0 spiro atoms. The topological polar surface area (TPSA) is 82.3 Å². The van der Waals surface area contributed by atoms with Crippen LogP contribution in [0.3, 0.4) is 0 Å². The zero-order chi connectivity index (χ0) is 17.6. The minimum absolute atomic E-state index is 0.480. The van der Waals surface area contributed by atoms with Crippen LogP contribution in [0.4, 0.5) is 11.5 Å². The maximum absolute atomic E-state index is 5.97. The Balaban J connectivity index is 1.73. The lowest BCUT2D eigenvalue weighted by atomic mass is 10.2. The van der Waals surface area contributed by atoms with Gasteiger partial charge in [-0.15, -0.1) is 0 Å². The third-order valence-corrected chi connectivity index (χ3v) is 3.66. The maximum atomic E-state index is 5.97. The summed E-state index contributed by atoms with van der Waals surface area (Å²) in [7, 11) is 1.63. The fourth-order valence-electron chi connectivity index (χ4n) is 2.31. The summed E-state index contributed by atoms with van der Waals surface area (Å²) in [6, 6.07) is 15.2. The summed E-state index contributed by atoms with van der Waals surface area (Å²) in [6.45, 7) is 2.32. The molecule has 0 atom stereocenters. The van der Waals surface area contributed by atoms with Gasteiger partial charge >= 0.3 is 0 Å². The molecule has 6 nitrogen and oxygen atoms in total. The van der Waals surface area contributed by atoms with Crippen LogP contribution in [0.5, 0.6) is 17.2 Å². The number of aryl methyl sites for hydroxylation is 1. The molecule has 0 saturated heterocycles. The lowest BCUT2D eigenvalue weighted by molar-refractivity contribution is 0.413. The van der Waals surface area contributed by atoms with E-state index in [9.17, 15) is 0 Å². The number of nitrogens with two attached hydrogens (primary N) is 1. The van der Waals surface area contributed by atoms with E-state index in [4.69, 9.17) is 15.2 Å². The minimum Gasteiger partial charge on any atom is -0.497 e. The molecule has 0 radical (unpaired) electrons. The molecule has 0 unspecified atom stereocenters. The largest absolute Gasteiger partial charge is 0.497 e. The molecule has 3 rings (SSSR count). The first-order valence-electron chi connectivity index (χ1n) is 7.88. The van der Waals surface area contributed by atoms with Gasteiger partial charge in [0.2, 0.25) is 0 Å². The number of hydrogen-bond donors (Lipinski definition) is 2. The van der Waals surface area contributed by atoms with E-state index in [0.29, 0.717) is 18.2 Å². The highest BCUT2D eigenvalue weighted by Crippen LogP contribution is 2.30. The number of rotatable bonds is 6. The van der Waals surface area contributed by atoms with Gasteiger partial charge in [-0.3, -0.25) is 0 Å². The molecule has 0 aliphatic carbocycles. The average Bonchev–Trinajstić information content (AvgIpc) is 2.63. The lowest BCUT2D eigenvalue weighted by Crippen LogP contribution is -2.07. The van der Waals surface area contributed by atoms with Crippen LogP contribution in [-0.2, 0) is 6.54 Å². The van der Waals surface area contributed by atoms with Crippen molar-refractivity contribution in [3.05, 3.63) is 66.1 Å². The molecular weight excluding hydrogens is 316 g/mol. The molecule has 0 aliphatic rings. The van der Waals surface area contributed by atoms with Crippen LogP contribution in [-0.4, -0.2) is 17.1 Å². The van der Waals surface area contributed by atoms with Gasteiger partial charge in [-0.25, -0.2) is 9.97 Å². The number of hydrogen-bond acceptors (Lipinski definition) is 6. The average molecular weight is 336 g/mol. The van der Waals surface area contributed by atoms with Crippen LogP contribution in [0.2, 0.25) is 0 Å². The van der Waals surface area contributed by atoms with Gasteiger partial charge in [0, 0.05) is 18.3 Å². The fourth-order valence-corrected chi connectivity index (χ4v) is 2.31. The maximum Gasteiger partial charge on any atom is 0.150 e. The molecule has 3 N–H and O–H groups in total. The molecule has 2 aromatic carbocycles. The zero-order valence-corrected chi connectivity index (χ0v) is 14.2. The smallest absolute Gasteiger partial charge is 0.150 e. The lowest BCUT2D eigenvalue weighted by Gasteiger charge is -2.14. The predicted molar refractivity (Wildman–Crippen MR) is 98.0 cm³/mol. The summed E-state index contributed by atoms with van der Waals surface area (Å²) < 4.78 is 11.1. The number of ether oxygens (including phenoxy) is 2. The van der Waals surface area contributed by atoms with Gasteiger partial charge in [0.25, 0.3) is 0 Å². The third kappa shape index (κ3) is 4.17. The van der Waals surface area contributed by atoms with Crippen LogP contribution in [0.25, 0.3) is 0 Å². The van der Waals surface area contributed by atoms with Gasteiger partial charge in [0.05, 0.1) is 12.8 Å². The molecule has 1 heterocycles. The van der Waals surface area contributed by atoms with Crippen LogP contribution >= 0.6 is 0 Å². The number of nitrogen functional groups attached to an aromatic ring is 1. The number of benzene rings is 2. The molecule has 0 bridgehead atoms. The Kier molecular flexibility index (Phi) is 4.99. The first-order chi connectivity index (χ1) is 12.2. The van der Waals surface area contributed by atoms with Crippen molar-refractivity contribution in [3.8, 4) is 17.2 Å². The number of aromatic nitrogens is 2. The molecule has 0 amide bonds. The van der Waals surface area contributed by atoms with E-state index in [0.717, 1.165) is 28.5 Å². The Bertz CT molecular complexity index is 850. The first-order valence-corrected chi connectivity index (χ1v) is 7.88. The highest BCUT2D eigenvalue weighted by molar-refractivity contribution is 5.58. The van der Waals surface area contributed by atoms with Crippen molar-refractivity contribution in [2.24, 2.45) is 0 Å². The zero-order valence-electron chi connectivity index (χ0n) is 14.2. The van der Waals surface area contributed by atoms with E-state index in [1.165, 1.54) is 0 Å². The minimum atomic E-state index is 0.480. The molecule has 128 valence electrons. The predicted octanol–water partition coefficient (Wildman–Crippen LogP) is 3.78. The van der Waals surface area contributed by atoms with Gasteiger partial charge in [0.1, 0.15) is 23.1 Å². The van der Waals surface area contributed by atoms with Crippen molar-refractivity contribution >= 4 is 11.5 Å². The Morgan fingerprint density at radius 3 is 2.48 bits per heavy atom. The molecule has 6 heteroatoms. The summed E-state index contributed by atoms with van der Waals surface area (Å²) in [5, 5.41) is 3.32. The van der Waals surface area contributed by atoms with E-state index in [1.54, 1.807) is 13.3 Å². The first kappa shape index (κ1) is 16.6. The standard InChI is InChI=1S/C19H20N4O2/c1-13-21-11-14(19(20)23-13)12-22-17-5-3-4-6-18(17)25-16-9-7-15(24-2)8-10-16/h3-11,22H,12H2,1-2H3,(H2,20,21,23). The van der Waals surface area contributed by atoms with Crippen LogP contribution in [0, 0.1) is 6.92 Å². The Labute approximate surface area is 146 Å². The molecule has 25 heavy (non-hydrogen) atoms. The normalized spacial score (nSPS) is 10.3. The molecular formula is C19H20N4O2. The Hall–Kier alpha value is -3.28. The number of anilines is 2. The molecule has 0 saturated carbocycles. The molecule has 0 fully saturated rings. The Morgan fingerprint density at radius 2 is 1.76 bits per heavy atom. The van der Waals surface area contributed by atoms with Crippen molar-refractivity contribution in [1.29, 1.82) is 0 Å². The van der Waals surface area contributed by atoms with Crippen molar-refractivity contribution in [3.63, 3.8) is 0 Å². The van der Waals surface area contributed by atoms with E-state index in [2.05, 4.69) is 15.3 Å². The van der Waals surface area contributed by atoms with Gasteiger partial charge < -0.3 is 20.5 Å². The third-order valence-electron chi connectivity index (χ3n) is 3.66. The fraction of sp³-hybridized carbons (Fsp3) is 0.158. The quantitative estimate of drug-likeness (QED) is 0.713. The number of nitrogens with zero attached hydrogens (tertiary/aromatic N) is 2. The van der Waals surface area contributed by atoms with Gasteiger partial charge in [-0.05, 0) is 43.3 Å². The molecule has 0 aliphatic heterocycles. The van der Waals surface area contributed by atoms with Gasteiger partial charge in [0.15, 0.2) is 5.75 Å². The summed E-state index contributed by atoms with van der Waals surface area (Å²) in [4.78, 5) is 8.36. The van der Waals surface area contributed by atoms with Gasteiger partial charge in [-0.2, -0.15) is 0 Å². The van der Waals surface area contributed by atoms with E-state index in [-0.39, 0.29) is 0 Å². The second-order valence-electron chi connectivity index (χ2n) is 5.45. The van der Waals surface area contributed by atoms with E-state index in [1.807, 2.05) is 55.5 Å². The van der Waals surface area contributed by atoms with Crippen molar-refractivity contribution in [1.82, 2.24) is 9.97 Å². The van der Waals surface area contributed by atoms with Crippen molar-refractivity contribution in [2.75, 3.05) is 18.2 Å². The number of nitrogens with one attached hydrogen (secondary N) is 1. The summed E-state index contributed by atoms with van der Waals surface area (Å²) in [6.07, 6.45) is 1.73. The highest BCUT2D eigenvalue weighted by atomic mass is 16.5. The summed E-state index contributed by atoms with van der Waals surface area (Å²) in [5.74, 6) is 3.37. The second-order valence-corrected chi connectivity index (χ2v) is 5.45. The number of methoxy groups -OCH3 is 1. The number of para-hydroxylation sites is 2. The molecule has 3 aromatic rings. The van der Waals surface area contributed by atoms with E-state index < -0.39 is 0 Å². The second kappa shape index (κ2) is 7.53. The Morgan fingerprint density at radius 1 is 1.04 bits per heavy atom. The summed E-state index contributed by atoms with van der Waals surface area (Å²) >= 11 is 0. The van der Waals surface area contributed by atoms with Gasteiger partial charge in [-0.1, -0.05) is 12.1 Å². The SMILES string of the molecule is COc1ccc(Oc2ccccc2NCc2cnc(C)nc2N)cc1. The van der Waals surface area contributed by atoms with E-state index >= 15 is 0 Å². The van der Waals surface area contributed by atoms with Crippen LogP contribution in [0.1, 0.15) is 11.4 Å². The summed E-state index contributed by atoms with van der Waals surface area (Å²) in [5.41, 5.74) is 7.64.